The Morgan fingerprint density at radius 1 is 0.800 bits per heavy atom. The van der Waals surface area contributed by atoms with Crippen molar-refractivity contribution in [3.63, 3.8) is 0 Å². The summed E-state index contributed by atoms with van der Waals surface area (Å²) in [4.78, 5) is 0. The first kappa shape index (κ1) is 20.4. The van der Waals surface area contributed by atoms with E-state index in [1.165, 1.54) is 0 Å². The maximum atomic E-state index is 5.80. The lowest BCUT2D eigenvalue weighted by atomic mass is 9.98. The Morgan fingerprint density at radius 3 is 1.27 bits per heavy atom. The van der Waals surface area contributed by atoms with Crippen molar-refractivity contribution in [2.24, 2.45) is 11.5 Å². The molecule has 0 fully saturated rings. The van der Waals surface area contributed by atoms with Crippen LogP contribution in [0.25, 0.3) is 0 Å². The van der Waals surface area contributed by atoms with Crippen molar-refractivity contribution in [3.05, 3.63) is 35.4 Å². The molecule has 0 radical (unpaired) electrons. The number of benzene rings is 1. The van der Waals surface area contributed by atoms with Gasteiger partial charge in [-0.2, -0.15) is 0 Å². The SMILES string of the molecule is CC(N)c1ccccc1C(C)N.Cl.Cl.Cl. The first-order chi connectivity index (χ1) is 5.63. The molecule has 0 bridgehead atoms. The summed E-state index contributed by atoms with van der Waals surface area (Å²) in [5.74, 6) is 0. The standard InChI is InChI=1S/C10H16N2.3ClH/c1-7(11)9-5-3-4-6-10(9)8(2)12;;;/h3-8H,11-12H2,1-2H3;3*1H. The van der Waals surface area contributed by atoms with E-state index in [1.54, 1.807) is 0 Å². The van der Waals surface area contributed by atoms with Gasteiger partial charge in [0.25, 0.3) is 0 Å². The largest absolute Gasteiger partial charge is 0.324 e. The first-order valence-electron chi connectivity index (χ1n) is 4.23. The van der Waals surface area contributed by atoms with Gasteiger partial charge in [0.1, 0.15) is 0 Å². The minimum Gasteiger partial charge on any atom is -0.324 e. The molecule has 0 aliphatic carbocycles. The van der Waals surface area contributed by atoms with Crippen LogP contribution in [0.4, 0.5) is 0 Å². The Hall–Kier alpha value is 0.01000. The number of hydrogen-bond donors (Lipinski definition) is 2. The molecule has 5 heteroatoms. The lowest BCUT2D eigenvalue weighted by Crippen LogP contribution is -2.13. The van der Waals surface area contributed by atoms with Crippen LogP contribution in [0.2, 0.25) is 0 Å². The van der Waals surface area contributed by atoms with Crippen LogP contribution in [0.15, 0.2) is 24.3 Å². The van der Waals surface area contributed by atoms with Crippen LogP contribution >= 0.6 is 37.2 Å². The predicted molar refractivity (Wildman–Crippen MR) is 73.4 cm³/mol. The van der Waals surface area contributed by atoms with Gasteiger partial charge in [0.15, 0.2) is 0 Å². The van der Waals surface area contributed by atoms with Crippen molar-refractivity contribution in [1.29, 1.82) is 0 Å². The molecule has 0 aromatic heterocycles. The smallest absolute Gasteiger partial charge is 0.0269 e. The highest BCUT2D eigenvalue weighted by Crippen LogP contribution is 2.20. The summed E-state index contributed by atoms with van der Waals surface area (Å²) in [6.45, 7) is 3.95. The fourth-order valence-electron chi connectivity index (χ4n) is 1.34. The minimum atomic E-state index is 0. The van der Waals surface area contributed by atoms with Crippen molar-refractivity contribution in [3.8, 4) is 0 Å². The zero-order chi connectivity index (χ0) is 9.14. The summed E-state index contributed by atoms with van der Waals surface area (Å²) in [5, 5.41) is 0. The molecule has 1 rings (SSSR count). The number of nitrogens with two attached hydrogens (primary N) is 2. The maximum Gasteiger partial charge on any atom is 0.0269 e. The van der Waals surface area contributed by atoms with E-state index in [9.17, 15) is 0 Å². The van der Waals surface area contributed by atoms with Crippen molar-refractivity contribution < 1.29 is 0 Å². The molecule has 0 saturated carbocycles. The molecule has 2 atom stereocenters. The van der Waals surface area contributed by atoms with E-state index < -0.39 is 0 Å². The first-order valence-corrected chi connectivity index (χ1v) is 4.23. The summed E-state index contributed by atoms with van der Waals surface area (Å²) in [6.07, 6.45) is 0. The van der Waals surface area contributed by atoms with Gasteiger partial charge in [-0.25, -0.2) is 0 Å². The lowest BCUT2D eigenvalue weighted by Gasteiger charge is -2.14. The fraction of sp³-hybridized carbons (Fsp3) is 0.400. The summed E-state index contributed by atoms with van der Waals surface area (Å²) in [7, 11) is 0. The Bertz CT molecular complexity index is 238. The topological polar surface area (TPSA) is 52.0 Å². The number of halogens is 3. The van der Waals surface area contributed by atoms with Crippen molar-refractivity contribution in [1.82, 2.24) is 0 Å². The Labute approximate surface area is 110 Å². The van der Waals surface area contributed by atoms with Crippen LogP contribution in [0, 0.1) is 0 Å². The molecule has 15 heavy (non-hydrogen) atoms. The van der Waals surface area contributed by atoms with Crippen LogP contribution in [0.5, 0.6) is 0 Å². The van der Waals surface area contributed by atoms with Gasteiger partial charge in [-0.3, -0.25) is 0 Å². The molecule has 0 aliphatic heterocycles. The van der Waals surface area contributed by atoms with E-state index in [-0.39, 0.29) is 49.3 Å². The van der Waals surface area contributed by atoms with Gasteiger partial charge in [0.2, 0.25) is 0 Å². The minimum absolute atomic E-state index is 0. The predicted octanol–water partition coefficient (Wildman–Crippen LogP) is 2.99. The normalized spacial score (nSPS) is 12.5. The molecule has 2 nitrogen and oxygen atoms in total. The summed E-state index contributed by atoms with van der Waals surface area (Å²) in [6, 6.07) is 8.17. The molecular formula is C10H19Cl3N2. The number of hydrogen-bond acceptors (Lipinski definition) is 2. The van der Waals surface area contributed by atoms with E-state index in [0.29, 0.717) is 0 Å². The Kier molecular flexibility index (Phi) is 12.6. The molecule has 0 spiro atoms. The van der Waals surface area contributed by atoms with Crippen LogP contribution < -0.4 is 11.5 Å². The molecule has 90 valence electrons. The molecule has 0 aliphatic rings. The van der Waals surface area contributed by atoms with Crippen LogP contribution in [-0.4, -0.2) is 0 Å². The van der Waals surface area contributed by atoms with Crippen LogP contribution in [-0.2, 0) is 0 Å². The second kappa shape index (κ2) is 9.25. The van der Waals surface area contributed by atoms with E-state index in [4.69, 9.17) is 11.5 Å². The summed E-state index contributed by atoms with van der Waals surface area (Å²) < 4.78 is 0. The molecule has 1 aromatic rings. The molecule has 1 aromatic carbocycles. The van der Waals surface area contributed by atoms with Crippen molar-refractivity contribution in [2.45, 2.75) is 25.9 Å². The van der Waals surface area contributed by atoms with E-state index >= 15 is 0 Å². The highest BCUT2D eigenvalue weighted by atomic mass is 35.5. The highest BCUT2D eigenvalue weighted by molar-refractivity contribution is 5.86. The number of rotatable bonds is 2. The second-order valence-corrected chi connectivity index (χ2v) is 3.21. The molecule has 0 heterocycles. The maximum absolute atomic E-state index is 5.80. The van der Waals surface area contributed by atoms with Crippen LogP contribution in [0.3, 0.4) is 0 Å². The quantitative estimate of drug-likeness (QED) is 0.870. The van der Waals surface area contributed by atoms with Crippen molar-refractivity contribution >= 4 is 37.2 Å². The van der Waals surface area contributed by atoms with E-state index in [1.807, 2.05) is 38.1 Å². The monoisotopic (exact) mass is 272 g/mol. The fourth-order valence-corrected chi connectivity index (χ4v) is 1.34. The van der Waals surface area contributed by atoms with E-state index in [2.05, 4.69) is 0 Å². The zero-order valence-electron chi connectivity index (χ0n) is 8.84. The molecule has 4 N–H and O–H groups in total. The zero-order valence-corrected chi connectivity index (χ0v) is 11.3. The van der Waals surface area contributed by atoms with Crippen molar-refractivity contribution in [2.75, 3.05) is 0 Å². The van der Waals surface area contributed by atoms with Gasteiger partial charge < -0.3 is 11.5 Å². The third-order valence-corrected chi connectivity index (χ3v) is 1.98. The van der Waals surface area contributed by atoms with Gasteiger partial charge in [-0.1, -0.05) is 24.3 Å². The van der Waals surface area contributed by atoms with Gasteiger partial charge in [-0.05, 0) is 25.0 Å². The van der Waals surface area contributed by atoms with Gasteiger partial charge in [0.05, 0.1) is 0 Å². The molecular weight excluding hydrogens is 254 g/mol. The van der Waals surface area contributed by atoms with Gasteiger partial charge in [-0.15, -0.1) is 37.2 Å². The average Bonchev–Trinajstić information content (AvgIpc) is 2.04. The third kappa shape index (κ3) is 5.59. The summed E-state index contributed by atoms with van der Waals surface area (Å²) >= 11 is 0. The molecule has 0 amide bonds. The van der Waals surface area contributed by atoms with E-state index in [0.717, 1.165) is 11.1 Å². The second-order valence-electron chi connectivity index (χ2n) is 3.21. The lowest BCUT2D eigenvalue weighted by molar-refractivity contribution is 0.747. The van der Waals surface area contributed by atoms with Gasteiger partial charge in [0, 0.05) is 12.1 Å². The molecule has 0 saturated heterocycles. The highest BCUT2D eigenvalue weighted by Gasteiger charge is 2.08. The van der Waals surface area contributed by atoms with Crippen LogP contribution in [0.1, 0.15) is 37.1 Å². The average molecular weight is 274 g/mol. The third-order valence-electron chi connectivity index (χ3n) is 1.98. The van der Waals surface area contributed by atoms with Gasteiger partial charge >= 0.3 is 0 Å². The Morgan fingerprint density at radius 2 is 1.07 bits per heavy atom. The Balaban J connectivity index is -0.000000480. The molecule has 2 unspecified atom stereocenters. The summed E-state index contributed by atoms with van der Waals surface area (Å²) in [5.41, 5.74) is 13.9.